The number of nitrogens with two attached hydrogens (primary N) is 1. The minimum Gasteiger partial charge on any atom is -0.464 e. The van der Waals surface area contributed by atoms with Crippen LogP contribution in [0.3, 0.4) is 0 Å². The van der Waals surface area contributed by atoms with Crippen LogP contribution in [0.2, 0.25) is 0 Å². The first kappa shape index (κ1) is 11.7. The second-order valence-corrected chi connectivity index (χ2v) is 4.50. The van der Waals surface area contributed by atoms with E-state index in [1.54, 1.807) is 6.26 Å². The summed E-state index contributed by atoms with van der Waals surface area (Å²) in [7, 11) is 0. The van der Waals surface area contributed by atoms with Gasteiger partial charge < -0.3 is 10.2 Å². The third kappa shape index (κ3) is 1.85. The second-order valence-electron chi connectivity index (χ2n) is 4.50. The Bertz CT molecular complexity index is 723. The summed E-state index contributed by atoms with van der Waals surface area (Å²) in [6, 6.07) is 7.83. The van der Waals surface area contributed by atoms with E-state index >= 15 is 0 Å². The summed E-state index contributed by atoms with van der Waals surface area (Å²) < 4.78 is 5.52. The number of aromatic nitrogens is 2. The first-order valence-electron chi connectivity index (χ1n) is 6.30. The number of nitrogens with zero attached hydrogens (tertiary/aromatic N) is 2. The summed E-state index contributed by atoms with van der Waals surface area (Å²) in [5, 5.41) is 1.01. The van der Waals surface area contributed by atoms with Crippen LogP contribution in [0.15, 0.2) is 34.9 Å². The Labute approximate surface area is 111 Å². The molecule has 0 saturated heterocycles. The van der Waals surface area contributed by atoms with Gasteiger partial charge in [-0.25, -0.2) is 9.97 Å². The highest BCUT2D eigenvalue weighted by atomic mass is 16.3. The van der Waals surface area contributed by atoms with E-state index in [1.165, 1.54) is 0 Å². The average molecular weight is 253 g/mol. The normalized spacial score (nSPS) is 11.1. The molecule has 1 aromatic carbocycles. The molecular formula is C15H15N3O. The van der Waals surface area contributed by atoms with Crippen LogP contribution in [0.1, 0.15) is 18.2 Å². The van der Waals surface area contributed by atoms with Gasteiger partial charge in [-0.05, 0) is 19.4 Å². The monoisotopic (exact) mass is 253 g/mol. The lowest BCUT2D eigenvalue weighted by atomic mass is 10.1. The molecule has 2 N–H and O–H groups in total. The fraction of sp³-hybridized carbons (Fsp3) is 0.200. The highest BCUT2D eigenvalue weighted by Gasteiger charge is 2.13. The average Bonchev–Trinajstić information content (AvgIpc) is 2.82. The van der Waals surface area contributed by atoms with E-state index in [1.807, 2.05) is 31.2 Å². The van der Waals surface area contributed by atoms with Gasteiger partial charge in [0.15, 0.2) is 5.82 Å². The minimum absolute atomic E-state index is 0.551. The summed E-state index contributed by atoms with van der Waals surface area (Å²) in [5.41, 5.74) is 9.65. The number of hydrogen-bond acceptors (Lipinski definition) is 4. The Hall–Kier alpha value is -2.36. The molecule has 0 aliphatic carbocycles. The molecule has 2 aromatic heterocycles. The van der Waals surface area contributed by atoms with E-state index in [0.717, 1.165) is 34.2 Å². The largest absolute Gasteiger partial charge is 0.464 e. The van der Waals surface area contributed by atoms with E-state index in [4.69, 9.17) is 10.2 Å². The van der Waals surface area contributed by atoms with Crippen molar-refractivity contribution in [2.75, 3.05) is 5.73 Å². The first-order valence-corrected chi connectivity index (χ1v) is 6.30. The maximum absolute atomic E-state index is 6.00. The van der Waals surface area contributed by atoms with Gasteiger partial charge in [0, 0.05) is 16.6 Å². The van der Waals surface area contributed by atoms with Gasteiger partial charge in [-0.1, -0.05) is 25.1 Å². The Morgan fingerprint density at radius 2 is 2.00 bits per heavy atom. The molecule has 4 nitrogen and oxygen atoms in total. The molecule has 0 atom stereocenters. The standard InChI is InChI=1S/C15H15N3O/c1-3-10-9(2)17-15(18-14(10)16)12-8-19-13-7-5-4-6-11(12)13/h4-8H,3H2,1-2H3,(H2,16,17,18). The van der Waals surface area contributed by atoms with Crippen molar-refractivity contribution >= 4 is 16.8 Å². The molecular weight excluding hydrogens is 238 g/mol. The van der Waals surface area contributed by atoms with Crippen LogP contribution in [-0.2, 0) is 6.42 Å². The smallest absolute Gasteiger partial charge is 0.165 e. The maximum Gasteiger partial charge on any atom is 0.165 e. The lowest BCUT2D eigenvalue weighted by Crippen LogP contribution is -2.04. The van der Waals surface area contributed by atoms with Gasteiger partial charge >= 0.3 is 0 Å². The van der Waals surface area contributed by atoms with Crippen molar-refractivity contribution in [3.05, 3.63) is 41.8 Å². The van der Waals surface area contributed by atoms with Crippen LogP contribution in [-0.4, -0.2) is 9.97 Å². The zero-order valence-electron chi connectivity index (χ0n) is 11.0. The number of rotatable bonds is 2. The summed E-state index contributed by atoms with van der Waals surface area (Å²) in [4.78, 5) is 8.95. The number of furan rings is 1. The Morgan fingerprint density at radius 1 is 1.21 bits per heavy atom. The topological polar surface area (TPSA) is 64.9 Å². The first-order chi connectivity index (χ1) is 9.20. The van der Waals surface area contributed by atoms with Crippen molar-refractivity contribution in [2.45, 2.75) is 20.3 Å². The molecule has 3 aromatic rings. The molecule has 0 unspecified atom stereocenters. The van der Waals surface area contributed by atoms with Gasteiger partial charge in [0.1, 0.15) is 17.7 Å². The minimum atomic E-state index is 0.551. The number of anilines is 1. The predicted octanol–water partition coefficient (Wildman–Crippen LogP) is 3.34. The molecule has 96 valence electrons. The second kappa shape index (κ2) is 4.39. The van der Waals surface area contributed by atoms with E-state index in [9.17, 15) is 0 Å². The van der Waals surface area contributed by atoms with E-state index < -0.39 is 0 Å². The molecule has 0 aliphatic heterocycles. The molecule has 3 rings (SSSR count). The van der Waals surface area contributed by atoms with Gasteiger partial charge in [-0.15, -0.1) is 0 Å². The zero-order chi connectivity index (χ0) is 13.4. The summed E-state index contributed by atoms with van der Waals surface area (Å²) in [6.07, 6.45) is 2.52. The van der Waals surface area contributed by atoms with Gasteiger partial charge in [0.25, 0.3) is 0 Å². The lowest BCUT2D eigenvalue weighted by molar-refractivity contribution is 0.616. The van der Waals surface area contributed by atoms with Gasteiger partial charge in [0.2, 0.25) is 0 Å². The molecule has 0 bridgehead atoms. The predicted molar refractivity (Wildman–Crippen MR) is 75.8 cm³/mol. The van der Waals surface area contributed by atoms with Crippen LogP contribution in [0.5, 0.6) is 0 Å². The molecule has 0 saturated carbocycles. The van der Waals surface area contributed by atoms with Crippen LogP contribution >= 0.6 is 0 Å². The number of hydrogen-bond donors (Lipinski definition) is 1. The molecule has 0 radical (unpaired) electrons. The van der Waals surface area contributed by atoms with E-state index in [0.29, 0.717) is 11.6 Å². The Morgan fingerprint density at radius 3 is 2.74 bits per heavy atom. The van der Waals surface area contributed by atoms with Gasteiger partial charge in [-0.3, -0.25) is 0 Å². The maximum atomic E-state index is 6.00. The van der Waals surface area contributed by atoms with Gasteiger partial charge in [-0.2, -0.15) is 0 Å². The molecule has 0 fully saturated rings. The molecule has 4 heteroatoms. The van der Waals surface area contributed by atoms with Crippen molar-refractivity contribution in [2.24, 2.45) is 0 Å². The summed E-state index contributed by atoms with van der Waals surface area (Å²) >= 11 is 0. The molecule has 2 heterocycles. The van der Waals surface area contributed by atoms with E-state index in [2.05, 4.69) is 16.9 Å². The summed E-state index contributed by atoms with van der Waals surface area (Å²) in [6.45, 7) is 4.01. The fourth-order valence-electron chi connectivity index (χ4n) is 2.33. The van der Waals surface area contributed by atoms with Crippen molar-refractivity contribution < 1.29 is 4.42 Å². The van der Waals surface area contributed by atoms with Crippen molar-refractivity contribution in [3.8, 4) is 11.4 Å². The van der Waals surface area contributed by atoms with Crippen LogP contribution in [0.4, 0.5) is 5.82 Å². The number of aryl methyl sites for hydroxylation is 1. The van der Waals surface area contributed by atoms with Crippen LogP contribution < -0.4 is 5.73 Å². The summed E-state index contributed by atoms with van der Waals surface area (Å²) in [5.74, 6) is 1.17. The zero-order valence-corrected chi connectivity index (χ0v) is 11.0. The molecule has 0 amide bonds. The van der Waals surface area contributed by atoms with Crippen molar-refractivity contribution in [3.63, 3.8) is 0 Å². The SMILES string of the molecule is CCc1c(C)nc(-c2coc3ccccc23)nc1N. The molecule has 19 heavy (non-hydrogen) atoms. The van der Waals surface area contributed by atoms with Crippen LogP contribution in [0, 0.1) is 6.92 Å². The highest BCUT2D eigenvalue weighted by molar-refractivity contribution is 5.92. The lowest BCUT2D eigenvalue weighted by Gasteiger charge is -2.07. The quantitative estimate of drug-likeness (QED) is 0.760. The van der Waals surface area contributed by atoms with Crippen molar-refractivity contribution in [1.82, 2.24) is 9.97 Å². The Kier molecular flexibility index (Phi) is 2.71. The molecule has 0 aliphatic rings. The number of benzene rings is 1. The third-order valence-corrected chi connectivity index (χ3v) is 3.32. The van der Waals surface area contributed by atoms with E-state index in [-0.39, 0.29) is 0 Å². The van der Waals surface area contributed by atoms with Crippen LogP contribution in [0.25, 0.3) is 22.4 Å². The Balaban J connectivity index is 2.22. The van der Waals surface area contributed by atoms with Crippen molar-refractivity contribution in [1.29, 1.82) is 0 Å². The van der Waals surface area contributed by atoms with Gasteiger partial charge in [0.05, 0.1) is 5.56 Å². The fourth-order valence-corrected chi connectivity index (χ4v) is 2.33. The molecule has 0 spiro atoms. The highest BCUT2D eigenvalue weighted by Crippen LogP contribution is 2.29. The number of nitrogen functional groups attached to an aromatic ring is 1. The number of fused-ring (bicyclic) bond motifs is 1. The number of para-hydroxylation sites is 1. The third-order valence-electron chi connectivity index (χ3n) is 3.32.